The third-order valence-electron chi connectivity index (χ3n) is 3.24. The van der Waals surface area contributed by atoms with E-state index in [1.54, 1.807) is 0 Å². The highest BCUT2D eigenvalue weighted by Crippen LogP contribution is 2.42. The molecule has 0 N–H and O–H groups in total. The first-order valence-electron chi connectivity index (χ1n) is 6.50. The maximum atomic E-state index is 11.1. The zero-order chi connectivity index (χ0) is 14.2. The van der Waals surface area contributed by atoms with Crippen molar-refractivity contribution >= 4 is 11.7 Å². The lowest BCUT2D eigenvalue weighted by molar-refractivity contribution is -0.131. The molecule has 2 rings (SSSR count). The van der Waals surface area contributed by atoms with Gasteiger partial charge in [-0.2, -0.15) is 0 Å². The summed E-state index contributed by atoms with van der Waals surface area (Å²) < 4.78 is 11.3. The van der Waals surface area contributed by atoms with Crippen molar-refractivity contribution < 1.29 is 14.3 Å². The third-order valence-corrected chi connectivity index (χ3v) is 3.24. The van der Waals surface area contributed by atoms with Crippen molar-refractivity contribution in [1.29, 1.82) is 0 Å². The van der Waals surface area contributed by atoms with Gasteiger partial charge in [0.1, 0.15) is 17.1 Å². The molecule has 1 heterocycles. The maximum Gasteiger partial charge on any atom is 0.308 e. The summed E-state index contributed by atoms with van der Waals surface area (Å²) in [5.41, 5.74) is 1.89. The fourth-order valence-corrected chi connectivity index (χ4v) is 2.27. The molecule has 1 aromatic rings. The van der Waals surface area contributed by atoms with Crippen molar-refractivity contribution in [2.75, 3.05) is 19.0 Å². The zero-order valence-electron chi connectivity index (χ0n) is 12.2. The second-order valence-corrected chi connectivity index (χ2v) is 5.78. The topological polar surface area (TPSA) is 38.8 Å². The van der Waals surface area contributed by atoms with Crippen LogP contribution in [0, 0.1) is 0 Å². The molecule has 1 aromatic carbocycles. The molecular weight excluding hydrogens is 242 g/mol. The van der Waals surface area contributed by atoms with E-state index in [-0.39, 0.29) is 11.6 Å². The molecule has 0 spiro atoms. The van der Waals surface area contributed by atoms with Gasteiger partial charge in [-0.25, -0.2) is 0 Å². The van der Waals surface area contributed by atoms with Gasteiger partial charge in [-0.05, 0) is 32.8 Å². The Balaban J connectivity index is 2.47. The number of nitrogens with zero attached hydrogens (tertiary/aromatic N) is 1. The number of anilines is 1. The van der Waals surface area contributed by atoms with E-state index in [1.165, 1.54) is 6.92 Å². The molecule has 0 atom stereocenters. The van der Waals surface area contributed by atoms with Gasteiger partial charge in [-0.15, -0.1) is 0 Å². The van der Waals surface area contributed by atoms with Crippen LogP contribution in [0.25, 0.3) is 0 Å². The fraction of sp³-hybridized carbons (Fsp3) is 0.533. The van der Waals surface area contributed by atoms with E-state index in [1.807, 2.05) is 31.1 Å². The Kier molecular flexibility index (Phi) is 3.43. The van der Waals surface area contributed by atoms with Crippen molar-refractivity contribution in [3.63, 3.8) is 0 Å². The predicted molar refractivity (Wildman–Crippen MR) is 75.1 cm³/mol. The SMILES string of the molecule is CC(=O)Oc1cc2c(c(N(C)C)c1)OC(C)(C)CC2. The number of benzene rings is 1. The minimum absolute atomic E-state index is 0.152. The lowest BCUT2D eigenvalue weighted by Crippen LogP contribution is -2.33. The highest BCUT2D eigenvalue weighted by Gasteiger charge is 2.29. The largest absolute Gasteiger partial charge is 0.485 e. The summed E-state index contributed by atoms with van der Waals surface area (Å²) in [5.74, 6) is 1.18. The summed E-state index contributed by atoms with van der Waals surface area (Å²) in [7, 11) is 3.91. The van der Waals surface area contributed by atoms with Crippen LogP contribution in [0.5, 0.6) is 11.5 Å². The average Bonchev–Trinajstić information content (AvgIpc) is 2.26. The van der Waals surface area contributed by atoms with Gasteiger partial charge in [0, 0.05) is 32.6 Å². The molecule has 0 amide bonds. The Hall–Kier alpha value is -1.71. The number of carbonyl (C=O) groups excluding carboxylic acids is 1. The number of hydrogen-bond acceptors (Lipinski definition) is 4. The van der Waals surface area contributed by atoms with Crippen LogP contribution in [0.3, 0.4) is 0 Å². The molecule has 1 aliphatic rings. The Morgan fingerprint density at radius 3 is 2.63 bits per heavy atom. The van der Waals surface area contributed by atoms with Crippen LogP contribution in [-0.4, -0.2) is 25.7 Å². The van der Waals surface area contributed by atoms with Crippen LogP contribution >= 0.6 is 0 Å². The molecule has 0 saturated carbocycles. The molecule has 1 aliphatic heterocycles. The van der Waals surface area contributed by atoms with E-state index in [0.717, 1.165) is 29.8 Å². The molecule has 0 unspecified atom stereocenters. The third kappa shape index (κ3) is 3.00. The van der Waals surface area contributed by atoms with Crippen LogP contribution in [0.2, 0.25) is 0 Å². The number of ether oxygens (including phenoxy) is 2. The van der Waals surface area contributed by atoms with Crippen molar-refractivity contribution in [1.82, 2.24) is 0 Å². The summed E-state index contributed by atoms with van der Waals surface area (Å²) in [6.45, 7) is 5.60. The monoisotopic (exact) mass is 263 g/mol. The van der Waals surface area contributed by atoms with Gasteiger partial charge in [0.05, 0.1) is 5.69 Å². The van der Waals surface area contributed by atoms with Gasteiger partial charge >= 0.3 is 5.97 Å². The molecule has 0 aliphatic carbocycles. The maximum absolute atomic E-state index is 11.1. The first kappa shape index (κ1) is 13.7. The molecule has 0 radical (unpaired) electrons. The number of fused-ring (bicyclic) bond motifs is 1. The summed E-state index contributed by atoms with van der Waals surface area (Å²) in [6, 6.07) is 3.75. The number of carbonyl (C=O) groups is 1. The summed E-state index contributed by atoms with van der Waals surface area (Å²) in [4.78, 5) is 13.1. The molecule has 4 heteroatoms. The Bertz CT molecular complexity index is 506. The highest BCUT2D eigenvalue weighted by molar-refractivity contribution is 5.72. The fourth-order valence-electron chi connectivity index (χ4n) is 2.27. The standard InChI is InChI=1S/C15H21NO3/c1-10(17)18-12-8-11-6-7-15(2,3)19-14(11)13(9-12)16(4)5/h8-9H,6-7H2,1-5H3. The molecule has 4 nitrogen and oxygen atoms in total. The van der Waals surface area contributed by atoms with Gasteiger partial charge < -0.3 is 14.4 Å². The average molecular weight is 263 g/mol. The van der Waals surface area contributed by atoms with E-state index in [9.17, 15) is 4.79 Å². The molecule has 19 heavy (non-hydrogen) atoms. The second kappa shape index (κ2) is 4.76. The van der Waals surface area contributed by atoms with E-state index in [2.05, 4.69) is 13.8 Å². The first-order valence-corrected chi connectivity index (χ1v) is 6.50. The quantitative estimate of drug-likeness (QED) is 0.607. The Morgan fingerprint density at radius 1 is 1.37 bits per heavy atom. The lowest BCUT2D eigenvalue weighted by atomic mass is 9.93. The Morgan fingerprint density at radius 2 is 2.05 bits per heavy atom. The summed E-state index contributed by atoms with van der Waals surface area (Å²) in [6.07, 6.45) is 1.88. The van der Waals surface area contributed by atoms with Gasteiger partial charge in [0.15, 0.2) is 0 Å². The van der Waals surface area contributed by atoms with Crippen LogP contribution in [0.1, 0.15) is 32.8 Å². The van der Waals surface area contributed by atoms with E-state index in [0.29, 0.717) is 5.75 Å². The number of esters is 1. The van der Waals surface area contributed by atoms with Crippen molar-refractivity contribution in [3.8, 4) is 11.5 Å². The first-order chi connectivity index (χ1) is 8.78. The number of hydrogen-bond donors (Lipinski definition) is 0. The summed E-state index contributed by atoms with van der Waals surface area (Å²) >= 11 is 0. The second-order valence-electron chi connectivity index (χ2n) is 5.78. The Labute approximate surface area is 114 Å². The van der Waals surface area contributed by atoms with E-state index < -0.39 is 0 Å². The van der Waals surface area contributed by atoms with Gasteiger partial charge in [-0.3, -0.25) is 4.79 Å². The van der Waals surface area contributed by atoms with Crippen LogP contribution in [0.15, 0.2) is 12.1 Å². The molecule has 0 saturated heterocycles. The molecular formula is C15H21NO3. The number of aryl methyl sites for hydroxylation is 1. The minimum Gasteiger partial charge on any atom is -0.485 e. The predicted octanol–water partition coefficient (Wildman–Crippen LogP) is 2.78. The zero-order valence-corrected chi connectivity index (χ0v) is 12.2. The molecule has 0 fully saturated rings. The van der Waals surface area contributed by atoms with Crippen molar-refractivity contribution in [2.45, 2.75) is 39.2 Å². The van der Waals surface area contributed by atoms with E-state index in [4.69, 9.17) is 9.47 Å². The minimum atomic E-state index is -0.304. The normalized spacial score (nSPS) is 16.3. The highest BCUT2D eigenvalue weighted by atomic mass is 16.5. The van der Waals surface area contributed by atoms with Crippen molar-refractivity contribution in [3.05, 3.63) is 17.7 Å². The summed E-state index contributed by atoms with van der Waals surface area (Å²) in [5, 5.41) is 0. The van der Waals surface area contributed by atoms with Gasteiger partial charge in [0.25, 0.3) is 0 Å². The lowest BCUT2D eigenvalue weighted by Gasteiger charge is -2.35. The van der Waals surface area contributed by atoms with Crippen LogP contribution < -0.4 is 14.4 Å². The van der Waals surface area contributed by atoms with E-state index >= 15 is 0 Å². The van der Waals surface area contributed by atoms with Gasteiger partial charge in [-0.1, -0.05) is 0 Å². The molecule has 0 aromatic heterocycles. The molecule has 0 bridgehead atoms. The molecule has 104 valence electrons. The number of rotatable bonds is 2. The van der Waals surface area contributed by atoms with Gasteiger partial charge in [0.2, 0.25) is 0 Å². The van der Waals surface area contributed by atoms with Crippen molar-refractivity contribution in [2.24, 2.45) is 0 Å². The van der Waals surface area contributed by atoms with Crippen LogP contribution in [0.4, 0.5) is 5.69 Å². The smallest absolute Gasteiger partial charge is 0.308 e. The van der Waals surface area contributed by atoms with Crippen LogP contribution in [-0.2, 0) is 11.2 Å².